The Morgan fingerprint density at radius 1 is 1.15 bits per heavy atom. The molecule has 3 rings (SSSR count). The minimum absolute atomic E-state index is 0.144. The van der Waals surface area contributed by atoms with Crippen LogP contribution in [0.2, 0.25) is 0 Å². The van der Waals surface area contributed by atoms with Crippen LogP contribution in [0.4, 0.5) is 4.39 Å². The molecule has 0 aliphatic rings. The van der Waals surface area contributed by atoms with Gasteiger partial charge in [-0.1, -0.05) is 30.3 Å². The van der Waals surface area contributed by atoms with Gasteiger partial charge in [-0.3, -0.25) is 9.59 Å². The Hall–Kier alpha value is -3.66. The zero-order chi connectivity index (χ0) is 19.2. The molecule has 0 bridgehead atoms. The number of benzene rings is 2. The van der Waals surface area contributed by atoms with Crippen molar-refractivity contribution in [3.63, 3.8) is 0 Å². The van der Waals surface area contributed by atoms with E-state index in [0.717, 1.165) is 16.5 Å². The Balaban J connectivity index is 1.85. The Morgan fingerprint density at radius 3 is 2.67 bits per heavy atom. The van der Waals surface area contributed by atoms with Crippen molar-refractivity contribution in [2.75, 3.05) is 6.54 Å². The zero-order valence-electron chi connectivity index (χ0n) is 14.3. The number of para-hydroxylation sites is 1. The third-order valence-electron chi connectivity index (χ3n) is 4.18. The molecule has 1 atom stereocenters. The lowest BCUT2D eigenvalue weighted by Crippen LogP contribution is -2.48. The minimum Gasteiger partial charge on any atom is -0.361 e. The Kier molecular flexibility index (Phi) is 5.47. The number of rotatable bonds is 6. The van der Waals surface area contributed by atoms with E-state index in [0.29, 0.717) is 0 Å². The monoisotopic (exact) mass is 364 g/mol. The van der Waals surface area contributed by atoms with Gasteiger partial charge in [0.05, 0.1) is 11.6 Å². The van der Waals surface area contributed by atoms with E-state index in [9.17, 15) is 14.0 Å². The third-order valence-corrected chi connectivity index (χ3v) is 4.18. The van der Waals surface area contributed by atoms with Gasteiger partial charge in [-0.25, -0.2) is 4.39 Å². The van der Waals surface area contributed by atoms with Crippen LogP contribution in [0.1, 0.15) is 15.9 Å². The number of carbonyl (C=O) groups is 2. The molecule has 0 fully saturated rings. The first kappa shape index (κ1) is 18.1. The van der Waals surface area contributed by atoms with Crippen LogP contribution in [-0.2, 0) is 11.2 Å². The molecule has 136 valence electrons. The van der Waals surface area contributed by atoms with E-state index in [4.69, 9.17) is 5.26 Å². The lowest BCUT2D eigenvalue weighted by Gasteiger charge is -2.18. The second-order valence-corrected chi connectivity index (χ2v) is 5.95. The van der Waals surface area contributed by atoms with Crippen LogP contribution in [0.25, 0.3) is 10.9 Å². The summed E-state index contributed by atoms with van der Waals surface area (Å²) in [6.45, 7) is -0.182. The van der Waals surface area contributed by atoms with Crippen molar-refractivity contribution in [3.05, 3.63) is 71.7 Å². The average molecular weight is 364 g/mol. The second kappa shape index (κ2) is 8.15. The van der Waals surface area contributed by atoms with E-state index in [1.165, 1.54) is 18.2 Å². The summed E-state index contributed by atoms with van der Waals surface area (Å²) in [5, 5.41) is 14.6. The average Bonchev–Trinajstić information content (AvgIpc) is 3.09. The van der Waals surface area contributed by atoms with Crippen LogP contribution in [0.5, 0.6) is 0 Å². The molecule has 7 heteroatoms. The van der Waals surface area contributed by atoms with E-state index in [1.54, 1.807) is 12.3 Å². The Morgan fingerprint density at radius 2 is 1.89 bits per heavy atom. The zero-order valence-corrected chi connectivity index (χ0v) is 14.3. The van der Waals surface area contributed by atoms with Crippen molar-refractivity contribution in [3.8, 4) is 6.07 Å². The lowest BCUT2D eigenvalue weighted by atomic mass is 10.0. The summed E-state index contributed by atoms with van der Waals surface area (Å²) < 4.78 is 13.9. The quantitative estimate of drug-likeness (QED) is 0.585. The van der Waals surface area contributed by atoms with Gasteiger partial charge in [-0.2, -0.15) is 5.26 Å². The predicted molar refractivity (Wildman–Crippen MR) is 98.3 cm³/mol. The first-order chi connectivity index (χ1) is 13.1. The molecule has 6 nitrogen and oxygen atoms in total. The number of nitrogens with one attached hydrogen (secondary N) is 3. The summed E-state index contributed by atoms with van der Waals surface area (Å²) >= 11 is 0. The number of aromatic amines is 1. The highest BCUT2D eigenvalue weighted by atomic mass is 19.1. The van der Waals surface area contributed by atoms with Crippen LogP contribution in [0.3, 0.4) is 0 Å². The first-order valence-electron chi connectivity index (χ1n) is 8.35. The van der Waals surface area contributed by atoms with Gasteiger partial charge in [0.25, 0.3) is 5.91 Å². The third kappa shape index (κ3) is 4.12. The number of aromatic nitrogens is 1. The van der Waals surface area contributed by atoms with Gasteiger partial charge >= 0.3 is 0 Å². The number of H-pyrrole nitrogens is 1. The maximum Gasteiger partial charge on any atom is 0.254 e. The number of halogens is 1. The molecular weight excluding hydrogens is 347 g/mol. The van der Waals surface area contributed by atoms with Gasteiger partial charge in [-0.05, 0) is 23.8 Å². The van der Waals surface area contributed by atoms with Gasteiger partial charge in [0, 0.05) is 23.5 Å². The molecule has 0 saturated carbocycles. The van der Waals surface area contributed by atoms with Crippen molar-refractivity contribution in [1.29, 1.82) is 5.26 Å². The number of amides is 2. The fourth-order valence-electron chi connectivity index (χ4n) is 2.86. The summed E-state index contributed by atoms with van der Waals surface area (Å²) in [4.78, 5) is 28.0. The molecule has 3 N–H and O–H groups in total. The summed E-state index contributed by atoms with van der Waals surface area (Å²) in [6, 6.07) is 14.0. The van der Waals surface area contributed by atoms with Crippen molar-refractivity contribution < 1.29 is 14.0 Å². The number of nitrogens with zero attached hydrogens (tertiary/aromatic N) is 1. The standard InChI is InChI=1S/C20H17FN4O2/c21-16-7-3-1-6-15(16)19(26)25-18(20(27)23-10-9-22)11-13-12-24-17-8-4-2-5-14(13)17/h1-8,12,18,24H,10-11H2,(H,23,27)(H,25,26). The fraction of sp³-hybridized carbons (Fsp3) is 0.150. The molecule has 2 amide bonds. The number of carbonyl (C=O) groups excluding carboxylic acids is 2. The van der Waals surface area contributed by atoms with Gasteiger partial charge in [0.2, 0.25) is 5.91 Å². The van der Waals surface area contributed by atoms with E-state index in [1.807, 2.05) is 30.3 Å². The lowest BCUT2D eigenvalue weighted by molar-refractivity contribution is -0.122. The van der Waals surface area contributed by atoms with Crippen LogP contribution >= 0.6 is 0 Å². The van der Waals surface area contributed by atoms with Gasteiger partial charge < -0.3 is 15.6 Å². The molecule has 1 heterocycles. The molecule has 0 saturated heterocycles. The SMILES string of the molecule is N#CCNC(=O)C(Cc1c[nH]c2ccccc12)NC(=O)c1ccccc1F. The molecule has 1 aromatic heterocycles. The summed E-state index contributed by atoms with van der Waals surface area (Å²) in [5.41, 5.74) is 1.59. The van der Waals surface area contributed by atoms with Crippen LogP contribution in [0.15, 0.2) is 54.7 Å². The highest BCUT2D eigenvalue weighted by Gasteiger charge is 2.24. The van der Waals surface area contributed by atoms with E-state index < -0.39 is 23.7 Å². The van der Waals surface area contributed by atoms with Crippen LogP contribution in [-0.4, -0.2) is 29.4 Å². The molecule has 0 aliphatic heterocycles. The number of fused-ring (bicyclic) bond motifs is 1. The number of hydrogen-bond acceptors (Lipinski definition) is 3. The largest absolute Gasteiger partial charge is 0.361 e. The minimum atomic E-state index is -0.954. The Labute approximate surface area is 155 Å². The maximum atomic E-state index is 13.9. The maximum absolute atomic E-state index is 13.9. The summed E-state index contributed by atoms with van der Waals surface area (Å²) in [7, 11) is 0. The summed E-state index contributed by atoms with van der Waals surface area (Å²) in [5.74, 6) is -1.87. The van der Waals surface area contributed by atoms with Gasteiger partial charge in [-0.15, -0.1) is 0 Å². The smallest absolute Gasteiger partial charge is 0.254 e. The predicted octanol–water partition coefficient (Wildman–Crippen LogP) is 2.29. The normalized spacial score (nSPS) is 11.6. The molecule has 1 unspecified atom stereocenters. The molecular formula is C20H17FN4O2. The molecule has 3 aromatic rings. The van der Waals surface area contributed by atoms with Crippen LogP contribution < -0.4 is 10.6 Å². The molecule has 2 aromatic carbocycles. The van der Waals surface area contributed by atoms with Gasteiger partial charge in [0.15, 0.2) is 0 Å². The van der Waals surface area contributed by atoms with E-state index in [-0.39, 0.29) is 18.5 Å². The first-order valence-corrected chi connectivity index (χ1v) is 8.35. The van der Waals surface area contributed by atoms with Crippen LogP contribution in [0, 0.1) is 17.1 Å². The fourth-order valence-corrected chi connectivity index (χ4v) is 2.86. The highest BCUT2D eigenvalue weighted by molar-refractivity contribution is 5.98. The second-order valence-electron chi connectivity index (χ2n) is 5.95. The van der Waals surface area contributed by atoms with E-state index >= 15 is 0 Å². The van der Waals surface area contributed by atoms with Crippen molar-refractivity contribution in [2.45, 2.75) is 12.5 Å². The van der Waals surface area contributed by atoms with Gasteiger partial charge in [0.1, 0.15) is 18.4 Å². The molecule has 0 spiro atoms. The van der Waals surface area contributed by atoms with Crippen molar-refractivity contribution in [2.24, 2.45) is 0 Å². The molecule has 27 heavy (non-hydrogen) atoms. The Bertz CT molecular complexity index is 1020. The molecule has 0 aliphatic carbocycles. The number of hydrogen-bond donors (Lipinski definition) is 3. The van der Waals surface area contributed by atoms with E-state index in [2.05, 4.69) is 15.6 Å². The summed E-state index contributed by atoms with van der Waals surface area (Å²) in [6.07, 6.45) is 1.96. The number of nitriles is 1. The molecule has 0 radical (unpaired) electrons. The highest BCUT2D eigenvalue weighted by Crippen LogP contribution is 2.19. The topological polar surface area (TPSA) is 97.8 Å². The van der Waals surface area contributed by atoms with Crippen molar-refractivity contribution in [1.82, 2.24) is 15.6 Å². The van der Waals surface area contributed by atoms with Crippen molar-refractivity contribution >= 4 is 22.7 Å².